The van der Waals surface area contributed by atoms with Gasteiger partial charge in [0.15, 0.2) is 11.5 Å². The number of carbonyl (C=O) groups is 2. The summed E-state index contributed by atoms with van der Waals surface area (Å²) in [6.07, 6.45) is 1.86. The van der Waals surface area contributed by atoms with Crippen LogP contribution in [-0.2, 0) is 11.2 Å². The Morgan fingerprint density at radius 2 is 1.64 bits per heavy atom. The fourth-order valence-corrected chi connectivity index (χ4v) is 6.16. The number of hydrogen-bond donors (Lipinski definition) is 0. The van der Waals surface area contributed by atoms with Crippen molar-refractivity contribution in [2.24, 2.45) is 11.8 Å². The lowest BCUT2D eigenvalue weighted by Gasteiger charge is -2.47. The van der Waals surface area contributed by atoms with Crippen molar-refractivity contribution in [3.63, 3.8) is 0 Å². The predicted molar refractivity (Wildman–Crippen MR) is 126 cm³/mol. The average Bonchev–Trinajstić information content (AvgIpc) is 2.82. The zero-order valence-electron chi connectivity index (χ0n) is 19.8. The summed E-state index contributed by atoms with van der Waals surface area (Å²) in [7, 11) is 3.25. The van der Waals surface area contributed by atoms with Crippen LogP contribution in [0.1, 0.15) is 59.3 Å². The molecule has 33 heavy (non-hydrogen) atoms. The maximum atomic E-state index is 14.2. The van der Waals surface area contributed by atoms with Crippen LogP contribution in [0.3, 0.4) is 0 Å². The predicted octanol–water partition coefficient (Wildman–Crippen LogP) is 4.05. The van der Waals surface area contributed by atoms with Crippen molar-refractivity contribution in [1.82, 2.24) is 9.80 Å². The van der Waals surface area contributed by atoms with Crippen molar-refractivity contribution < 1.29 is 19.1 Å². The molecule has 1 fully saturated rings. The molecule has 2 aromatic rings. The minimum Gasteiger partial charge on any atom is -0.493 e. The quantitative estimate of drug-likeness (QED) is 0.711. The normalized spacial score (nSPS) is 26.2. The van der Waals surface area contributed by atoms with E-state index in [1.807, 2.05) is 46.2 Å². The van der Waals surface area contributed by atoms with E-state index in [2.05, 4.69) is 13.8 Å². The third-order valence-corrected chi connectivity index (χ3v) is 7.47. The minimum absolute atomic E-state index is 0.000431. The summed E-state index contributed by atoms with van der Waals surface area (Å²) in [5, 5.41) is 0. The molecule has 0 N–H and O–H groups in total. The van der Waals surface area contributed by atoms with Crippen LogP contribution in [0.15, 0.2) is 36.4 Å². The van der Waals surface area contributed by atoms with Gasteiger partial charge in [-0.15, -0.1) is 0 Å². The SMILES string of the molecule is COc1cc2c(cc1OC)[C@@H]1[C@H](C(=O)N3C[C@H](C)C[C@@H](C)C3)c3ccccc3C(=O)N1CC2. The lowest BCUT2D eigenvalue weighted by Crippen LogP contribution is -2.52. The second-order valence-corrected chi connectivity index (χ2v) is 9.85. The Morgan fingerprint density at radius 3 is 2.33 bits per heavy atom. The zero-order valence-corrected chi connectivity index (χ0v) is 19.8. The summed E-state index contributed by atoms with van der Waals surface area (Å²) in [5.74, 6) is 1.92. The van der Waals surface area contributed by atoms with Gasteiger partial charge in [0.2, 0.25) is 5.91 Å². The Balaban J connectivity index is 1.66. The summed E-state index contributed by atoms with van der Waals surface area (Å²) in [4.78, 5) is 31.6. The van der Waals surface area contributed by atoms with Crippen LogP contribution in [0.4, 0.5) is 0 Å². The van der Waals surface area contributed by atoms with Crippen molar-refractivity contribution in [2.75, 3.05) is 33.9 Å². The number of fused-ring (bicyclic) bond motifs is 4. The summed E-state index contributed by atoms with van der Waals surface area (Å²) in [5.41, 5.74) is 3.58. The number of piperidine rings is 1. The minimum atomic E-state index is -0.437. The average molecular weight is 449 g/mol. The van der Waals surface area contributed by atoms with E-state index in [-0.39, 0.29) is 17.9 Å². The number of rotatable bonds is 3. The van der Waals surface area contributed by atoms with Gasteiger partial charge < -0.3 is 19.3 Å². The molecule has 6 nitrogen and oxygen atoms in total. The number of carbonyl (C=O) groups excluding carboxylic acids is 2. The highest BCUT2D eigenvalue weighted by Crippen LogP contribution is 2.49. The van der Waals surface area contributed by atoms with Gasteiger partial charge in [-0.1, -0.05) is 32.0 Å². The topological polar surface area (TPSA) is 59.1 Å². The van der Waals surface area contributed by atoms with Gasteiger partial charge >= 0.3 is 0 Å². The molecular weight excluding hydrogens is 416 g/mol. The van der Waals surface area contributed by atoms with Crippen LogP contribution in [0, 0.1) is 11.8 Å². The van der Waals surface area contributed by atoms with Gasteiger partial charge in [0.05, 0.1) is 26.2 Å². The second-order valence-electron chi connectivity index (χ2n) is 9.85. The van der Waals surface area contributed by atoms with Gasteiger partial charge in [0, 0.05) is 25.2 Å². The number of methoxy groups -OCH3 is 2. The van der Waals surface area contributed by atoms with E-state index in [0.717, 1.165) is 42.6 Å². The number of likely N-dealkylation sites (tertiary alicyclic amines) is 1. The van der Waals surface area contributed by atoms with Crippen molar-refractivity contribution in [2.45, 2.75) is 38.6 Å². The Hall–Kier alpha value is -3.02. The highest BCUT2D eigenvalue weighted by atomic mass is 16.5. The van der Waals surface area contributed by atoms with E-state index >= 15 is 0 Å². The van der Waals surface area contributed by atoms with Gasteiger partial charge in [-0.3, -0.25) is 9.59 Å². The summed E-state index contributed by atoms with van der Waals surface area (Å²) in [6.45, 7) is 6.54. The molecule has 0 aromatic heterocycles. The Morgan fingerprint density at radius 1 is 0.970 bits per heavy atom. The van der Waals surface area contributed by atoms with Gasteiger partial charge in [-0.2, -0.15) is 0 Å². The number of amides is 2. The number of benzene rings is 2. The first kappa shape index (κ1) is 21.8. The first-order valence-electron chi connectivity index (χ1n) is 11.9. The summed E-state index contributed by atoms with van der Waals surface area (Å²) >= 11 is 0. The lowest BCUT2D eigenvalue weighted by molar-refractivity contribution is -0.137. The van der Waals surface area contributed by atoms with Crippen LogP contribution in [-0.4, -0.2) is 55.5 Å². The van der Waals surface area contributed by atoms with Crippen LogP contribution < -0.4 is 9.47 Å². The second kappa shape index (κ2) is 8.40. The standard InChI is InChI=1S/C27H32N2O4/c1-16-11-17(2)15-28(14-16)27(31)24-19-7-5-6-8-20(19)26(30)29-10-9-18-12-22(32-3)23(33-4)13-21(18)25(24)29/h5-8,12-13,16-17,24-25H,9-11,14-15H2,1-4H3/t16-,17-,24-,25-/m1/s1. The van der Waals surface area contributed by atoms with E-state index in [1.165, 1.54) is 0 Å². The molecule has 5 rings (SSSR count). The van der Waals surface area contributed by atoms with Crippen molar-refractivity contribution in [1.29, 1.82) is 0 Å². The molecule has 0 bridgehead atoms. The highest BCUT2D eigenvalue weighted by molar-refractivity contribution is 6.01. The molecule has 174 valence electrons. The lowest BCUT2D eigenvalue weighted by atomic mass is 9.75. The van der Waals surface area contributed by atoms with Crippen molar-refractivity contribution in [3.8, 4) is 11.5 Å². The van der Waals surface area contributed by atoms with E-state index in [4.69, 9.17) is 9.47 Å². The summed E-state index contributed by atoms with van der Waals surface area (Å²) in [6, 6.07) is 11.3. The molecular formula is C27H32N2O4. The van der Waals surface area contributed by atoms with E-state index in [9.17, 15) is 9.59 Å². The van der Waals surface area contributed by atoms with Gasteiger partial charge in [0.1, 0.15) is 0 Å². The molecule has 1 saturated heterocycles. The molecule has 3 heterocycles. The number of nitrogens with zero attached hydrogens (tertiary/aromatic N) is 2. The molecule has 3 aliphatic rings. The van der Waals surface area contributed by atoms with Crippen LogP contribution >= 0.6 is 0 Å². The smallest absolute Gasteiger partial charge is 0.254 e. The Bertz CT molecular complexity index is 1090. The van der Waals surface area contributed by atoms with Crippen molar-refractivity contribution >= 4 is 11.8 Å². The molecule has 0 unspecified atom stereocenters. The molecule has 3 aliphatic heterocycles. The van der Waals surface area contributed by atoms with Crippen LogP contribution in [0.25, 0.3) is 0 Å². The third kappa shape index (κ3) is 3.56. The van der Waals surface area contributed by atoms with E-state index in [1.54, 1.807) is 14.2 Å². The number of ether oxygens (including phenoxy) is 2. The molecule has 0 spiro atoms. The van der Waals surface area contributed by atoms with Crippen molar-refractivity contribution in [3.05, 3.63) is 58.7 Å². The fourth-order valence-electron chi connectivity index (χ4n) is 6.16. The maximum Gasteiger partial charge on any atom is 0.254 e. The van der Waals surface area contributed by atoms with Crippen LogP contribution in [0.2, 0.25) is 0 Å². The van der Waals surface area contributed by atoms with Crippen LogP contribution in [0.5, 0.6) is 11.5 Å². The van der Waals surface area contributed by atoms with Gasteiger partial charge in [0.25, 0.3) is 5.91 Å². The van der Waals surface area contributed by atoms with E-state index < -0.39 is 5.92 Å². The highest BCUT2D eigenvalue weighted by Gasteiger charge is 2.48. The largest absolute Gasteiger partial charge is 0.493 e. The molecule has 0 aliphatic carbocycles. The first-order chi connectivity index (χ1) is 15.9. The van der Waals surface area contributed by atoms with Gasteiger partial charge in [-0.25, -0.2) is 0 Å². The molecule has 0 radical (unpaired) electrons. The zero-order chi connectivity index (χ0) is 23.3. The Kier molecular flexibility index (Phi) is 5.55. The van der Waals surface area contributed by atoms with E-state index in [0.29, 0.717) is 35.4 Å². The molecule has 4 atom stereocenters. The Labute approximate surface area is 195 Å². The summed E-state index contributed by atoms with van der Waals surface area (Å²) < 4.78 is 11.1. The fraction of sp³-hybridized carbons (Fsp3) is 0.481. The molecule has 0 saturated carbocycles. The molecule has 6 heteroatoms. The number of hydrogen-bond acceptors (Lipinski definition) is 4. The monoisotopic (exact) mass is 448 g/mol. The first-order valence-corrected chi connectivity index (χ1v) is 11.9. The third-order valence-electron chi connectivity index (χ3n) is 7.47. The molecule has 2 amide bonds. The molecule has 2 aromatic carbocycles. The maximum absolute atomic E-state index is 14.2. The van der Waals surface area contributed by atoms with Gasteiger partial charge in [-0.05, 0) is 59.6 Å².